The zero-order chi connectivity index (χ0) is 20.3. The van der Waals surface area contributed by atoms with Gasteiger partial charge in [0.15, 0.2) is 0 Å². The largest absolute Gasteiger partial charge is 0.376 e. The highest BCUT2D eigenvalue weighted by Gasteiger charge is 2.25. The first-order chi connectivity index (χ1) is 13.3. The normalized spacial score (nSPS) is 16.9. The van der Waals surface area contributed by atoms with Gasteiger partial charge < -0.3 is 16.0 Å². The lowest BCUT2D eigenvalue weighted by Crippen LogP contribution is -2.36. The highest BCUT2D eigenvalue weighted by Crippen LogP contribution is 2.39. The summed E-state index contributed by atoms with van der Waals surface area (Å²) in [5, 5.41) is 3.81. The molecule has 3 rings (SSSR count). The minimum atomic E-state index is -0.574. The van der Waals surface area contributed by atoms with Crippen LogP contribution in [0.1, 0.15) is 18.4 Å². The van der Waals surface area contributed by atoms with Crippen LogP contribution in [-0.4, -0.2) is 25.5 Å². The Labute approximate surface area is 172 Å². The Morgan fingerprint density at radius 2 is 1.93 bits per heavy atom. The van der Waals surface area contributed by atoms with Crippen molar-refractivity contribution >= 4 is 40.5 Å². The molecule has 1 amide bonds. The summed E-state index contributed by atoms with van der Waals surface area (Å²) in [6.45, 7) is 1.45. The maximum absolute atomic E-state index is 14.0. The molecule has 0 radical (unpaired) electrons. The molecule has 0 bridgehead atoms. The smallest absolute Gasteiger partial charge is 0.236 e. The lowest BCUT2D eigenvalue weighted by molar-refractivity contribution is -0.116. The van der Waals surface area contributed by atoms with E-state index in [9.17, 15) is 13.6 Å². The molecule has 28 heavy (non-hydrogen) atoms. The van der Waals surface area contributed by atoms with E-state index in [2.05, 4.69) is 10.2 Å². The third-order valence-electron chi connectivity index (χ3n) is 4.84. The number of nitrogens with one attached hydrogen (secondary N) is 1. The first-order valence-electron chi connectivity index (χ1n) is 9.03. The van der Waals surface area contributed by atoms with Gasteiger partial charge in [0, 0.05) is 24.8 Å². The Hall–Kier alpha value is -2.05. The van der Waals surface area contributed by atoms with Crippen LogP contribution in [0.5, 0.6) is 0 Å². The number of rotatable bonds is 6. The van der Waals surface area contributed by atoms with Gasteiger partial charge in [-0.1, -0.05) is 29.3 Å². The summed E-state index contributed by atoms with van der Waals surface area (Å²) in [6, 6.07) is 7.11. The van der Waals surface area contributed by atoms with Crippen molar-refractivity contribution in [3.63, 3.8) is 0 Å². The van der Waals surface area contributed by atoms with Crippen molar-refractivity contribution in [1.82, 2.24) is 0 Å². The molecule has 1 unspecified atom stereocenters. The molecular formula is C20H21Cl2F2N3O. The minimum absolute atomic E-state index is 0.0129. The number of primary amides is 1. The Balaban J connectivity index is 1.73. The van der Waals surface area contributed by atoms with E-state index in [0.717, 1.165) is 31.1 Å². The molecule has 2 aromatic rings. The number of hydrogen-bond acceptors (Lipinski definition) is 3. The first-order valence-corrected chi connectivity index (χ1v) is 9.79. The van der Waals surface area contributed by atoms with Gasteiger partial charge >= 0.3 is 0 Å². The van der Waals surface area contributed by atoms with Crippen LogP contribution in [0.25, 0.3) is 0 Å². The molecule has 1 fully saturated rings. The number of hydrogen-bond donors (Lipinski definition) is 2. The van der Waals surface area contributed by atoms with Gasteiger partial charge in [0.1, 0.15) is 11.6 Å². The van der Waals surface area contributed by atoms with Crippen LogP contribution in [0.4, 0.5) is 20.2 Å². The number of nitrogens with two attached hydrogens (primary N) is 1. The van der Waals surface area contributed by atoms with Crippen molar-refractivity contribution in [2.75, 3.05) is 29.9 Å². The van der Waals surface area contributed by atoms with Crippen molar-refractivity contribution in [2.45, 2.75) is 19.3 Å². The molecule has 4 nitrogen and oxygen atoms in total. The summed E-state index contributed by atoms with van der Waals surface area (Å²) in [4.78, 5) is 13.0. The standard InChI is InChI=1S/C20H21Cl2F2N3O/c21-16-8-15(26-10-19(25)28)9-17(22)20(16)27-5-1-2-12(11-27)6-13-3-4-14(23)7-18(13)24/h3-4,7-9,12,26H,1-2,5-6,10-11H2,(H2,25,28). The van der Waals surface area contributed by atoms with E-state index in [1.165, 1.54) is 12.1 Å². The number of carbonyl (C=O) groups excluding carboxylic acids is 1. The van der Waals surface area contributed by atoms with Crippen LogP contribution in [0, 0.1) is 17.6 Å². The van der Waals surface area contributed by atoms with Gasteiger partial charge in [-0.25, -0.2) is 8.78 Å². The lowest BCUT2D eigenvalue weighted by atomic mass is 9.90. The summed E-state index contributed by atoms with van der Waals surface area (Å²) in [5.74, 6) is -1.37. The van der Waals surface area contributed by atoms with Crippen LogP contribution >= 0.6 is 23.2 Å². The SMILES string of the molecule is NC(=O)CNc1cc(Cl)c(N2CCCC(Cc3ccc(F)cc3F)C2)c(Cl)c1. The van der Waals surface area contributed by atoms with Gasteiger partial charge in [-0.2, -0.15) is 0 Å². The van der Waals surface area contributed by atoms with Gasteiger partial charge in [0.2, 0.25) is 5.91 Å². The van der Waals surface area contributed by atoms with E-state index >= 15 is 0 Å². The highest BCUT2D eigenvalue weighted by molar-refractivity contribution is 6.39. The van der Waals surface area contributed by atoms with Crippen LogP contribution in [0.15, 0.2) is 30.3 Å². The zero-order valence-corrected chi connectivity index (χ0v) is 16.7. The van der Waals surface area contributed by atoms with E-state index < -0.39 is 17.5 Å². The van der Waals surface area contributed by atoms with Crippen LogP contribution < -0.4 is 16.0 Å². The summed E-state index contributed by atoms with van der Waals surface area (Å²) >= 11 is 12.9. The first kappa shape index (κ1) is 20.7. The zero-order valence-electron chi connectivity index (χ0n) is 15.2. The van der Waals surface area contributed by atoms with Crippen LogP contribution in [0.3, 0.4) is 0 Å². The number of piperidine rings is 1. The second-order valence-corrected chi connectivity index (χ2v) is 7.82. The molecule has 1 aliphatic heterocycles. The van der Waals surface area contributed by atoms with E-state index in [4.69, 9.17) is 28.9 Å². The quantitative estimate of drug-likeness (QED) is 0.706. The van der Waals surface area contributed by atoms with Gasteiger partial charge in [0.05, 0.1) is 22.3 Å². The fourth-order valence-corrected chi connectivity index (χ4v) is 4.32. The predicted molar refractivity (Wildman–Crippen MR) is 109 cm³/mol. The Morgan fingerprint density at radius 1 is 1.21 bits per heavy atom. The second-order valence-electron chi connectivity index (χ2n) is 7.00. The van der Waals surface area contributed by atoms with Crippen molar-refractivity contribution in [3.05, 3.63) is 57.6 Å². The van der Waals surface area contributed by atoms with E-state index in [1.54, 1.807) is 12.1 Å². The highest BCUT2D eigenvalue weighted by atomic mass is 35.5. The summed E-state index contributed by atoms with van der Waals surface area (Å²) in [7, 11) is 0. The molecule has 150 valence electrons. The van der Waals surface area contributed by atoms with Crippen molar-refractivity contribution in [1.29, 1.82) is 0 Å². The average Bonchev–Trinajstić information content (AvgIpc) is 2.62. The Kier molecular flexibility index (Phi) is 6.62. The fourth-order valence-electron chi connectivity index (χ4n) is 3.59. The topological polar surface area (TPSA) is 58.4 Å². The molecule has 0 aliphatic carbocycles. The van der Waals surface area contributed by atoms with Crippen molar-refractivity contribution in [3.8, 4) is 0 Å². The number of anilines is 2. The molecule has 1 heterocycles. The Bertz CT molecular complexity index is 856. The molecule has 1 atom stereocenters. The lowest BCUT2D eigenvalue weighted by Gasteiger charge is -2.35. The maximum Gasteiger partial charge on any atom is 0.236 e. The van der Waals surface area contributed by atoms with E-state index in [-0.39, 0.29) is 12.5 Å². The van der Waals surface area contributed by atoms with Crippen molar-refractivity contribution in [2.24, 2.45) is 11.7 Å². The molecule has 0 spiro atoms. The van der Waals surface area contributed by atoms with Crippen LogP contribution in [0.2, 0.25) is 10.0 Å². The van der Waals surface area contributed by atoms with E-state index in [1.807, 2.05) is 0 Å². The molecular weight excluding hydrogens is 407 g/mol. The maximum atomic E-state index is 14.0. The molecule has 8 heteroatoms. The number of amides is 1. The molecule has 1 saturated heterocycles. The predicted octanol–water partition coefficient (Wildman–Crippen LogP) is 4.63. The molecule has 2 aromatic carbocycles. The van der Waals surface area contributed by atoms with Crippen LogP contribution in [-0.2, 0) is 11.2 Å². The van der Waals surface area contributed by atoms with Gasteiger partial charge in [-0.05, 0) is 48.9 Å². The van der Waals surface area contributed by atoms with Crippen molar-refractivity contribution < 1.29 is 13.6 Å². The monoisotopic (exact) mass is 427 g/mol. The molecule has 3 N–H and O–H groups in total. The number of carbonyl (C=O) groups is 1. The van der Waals surface area contributed by atoms with Gasteiger partial charge in [-0.15, -0.1) is 0 Å². The molecule has 0 aromatic heterocycles. The Morgan fingerprint density at radius 3 is 2.57 bits per heavy atom. The third kappa shape index (κ3) is 5.06. The molecule has 0 saturated carbocycles. The van der Waals surface area contributed by atoms with E-state index in [0.29, 0.717) is 34.3 Å². The van der Waals surface area contributed by atoms with Gasteiger partial charge in [-0.3, -0.25) is 4.79 Å². The molecule has 1 aliphatic rings. The number of nitrogens with zero attached hydrogens (tertiary/aromatic N) is 1. The van der Waals surface area contributed by atoms with Gasteiger partial charge in [0.25, 0.3) is 0 Å². The minimum Gasteiger partial charge on any atom is -0.376 e. The summed E-state index contributed by atoms with van der Waals surface area (Å²) in [5.41, 5.74) is 6.98. The third-order valence-corrected chi connectivity index (χ3v) is 5.42. The fraction of sp³-hybridized carbons (Fsp3) is 0.350. The number of halogens is 4. The average molecular weight is 428 g/mol. The summed E-state index contributed by atoms with van der Waals surface area (Å²) in [6.07, 6.45) is 2.39. The number of benzene rings is 2. The second kappa shape index (κ2) is 8.97. The summed E-state index contributed by atoms with van der Waals surface area (Å²) < 4.78 is 27.1.